The van der Waals surface area contributed by atoms with Crippen molar-refractivity contribution in [1.82, 2.24) is 14.7 Å². The summed E-state index contributed by atoms with van der Waals surface area (Å²) in [4.78, 5) is 27.7. The Bertz CT molecular complexity index is 1530. The number of carbonyl (C=O) groups excluding carboxylic acids is 2. The van der Waals surface area contributed by atoms with Crippen molar-refractivity contribution in [3.05, 3.63) is 95.2 Å². The zero-order valence-corrected chi connectivity index (χ0v) is 23.0. The molecular formula is C32H32N4O4. The molecule has 8 heteroatoms. The monoisotopic (exact) mass is 536 g/mol. The number of para-hydroxylation sites is 1. The second-order valence-electron chi connectivity index (χ2n) is 9.28. The quantitative estimate of drug-likeness (QED) is 0.140. The Balaban J connectivity index is 1.82. The number of hydrogen-bond donors (Lipinski definition) is 0. The minimum atomic E-state index is -0.579. The number of benzene rings is 2. The number of aromatic nitrogens is 2. The van der Waals surface area contributed by atoms with Crippen LogP contribution >= 0.6 is 0 Å². The van der Waals surface area contributed by atoms with Gasteiger partial charge in [0.1, 0.15) is 24.0 Å². The highest BCUT2D eigenvalue weighted by molar-refractivity contribution is 6.19. The first-order valence-corrected chi connectivity index (χ1v) is 13.2. The minimum absolute atomic E-state index is 0.0428. The molecule has 40 heavy (non-hydrogen) atoms. The second-order valence-corrected chi connectivity index (χ2v) is 9.28. The first-order valence-electron chi connectivity index (χ1n) is 13.2. The molecule has 0 radical (unpaired) electrons. The van der Waals surface area contributed by atoms with Crippen LogP contribution < -0.4 is 4.74 Å². The lowest BCUT2D eigenvalue weighted by atomic mass is 9.93. The van der Waals surface area contributed by atoms with Gasteiger partial charge in [-0.2, -0.15) is 10.4 Å². The lowest BCUT2D eigenvalue weighted by Crippen LogP contribution is -2.43. The van der Waals surface area contributed by atoms with Gasteiger partial charge >= 0.3 is 0 Å². The van der Waals surface area contributed by atoms with Crippen LogP contribution in [0.15, 0.2) is 84.1 Å². The molecule has 2 aromatic carbocycles. The lowest BCUT2D eigenvalue weighted by Gasteiger charge is -2.27. The molecule has 204 valence electrons. The maximum Gasteiger partial charge on any atom is 0.271 e. The van der Waals surface area contributed by atoms with Crippen molar-refractivity contribution < 1.29 is 19.1 Å². The van der Waals surface area contributed by atoms with Crippen LogP contribution in [0.3, 0.4) is 0 Å². The molecule has 1 aliphatic heterocycles. The summed E-state index contributed by atoms with van der Waals surface area (Å²) < 4.78 is 12.9. The summed E-state index contributed by atoms with van der Waals surface area (Å²) in [5.41, 5.74) is 4.52. The molecule has 0 bridgehead atoms. The molecule has 0 fully saturated rings. The normalized spacial score (nSPS) is 14.6. The van der Waals surface area contributed by atoms with Crippen LogP contribution in [0.25, 0.3) is 23.0 Å². The van der Waals surface area contributed by atoms with Gasteiger partial charge in [-0.25, -0.2) is 4.68 Å². The van der Waals surface area contributed by atoms with Crippen LogP contribution in [0.2, 0.25) is 0 Å². The molecule has 8 nitrogen and oxygen atoms in total. The second kappa shape index (κ2) is 12.9. The molecule has 0 aliphatic carbocycles. The zero-order valence-electron chi connectivity index (χ0n) is 23.0. The Hall–Kier alpha value is -4.74. The van der Waals surface area contributed by atoms with E-state index in [1.54, 1.807) is 23.8 Å². The van der Waals surface area contributed by atoms with Gasteiger partial charge in [0, 0.05) is 42.7 Å². The van der Waals surface area contributed by atoms with Gasteiger partial charge in [0.05, 0.1) is 11.4 Å². The Labute approximate surface area is 234 Å². The minimum Gasteiger partial charge on any atom is -0.489 e. The van der Waals surface area contributed by atoms with E-state index >= 15 is 0 Å². The number of ether oxygens (including phenoxy) is 2. The van der Waals surface area contributed by atoms with Crippen LogP contribution in [-0.4, -0.2) is 52.9 Å². The Kier molecular flexibility index (Phi) is 9.10. The molecule has 0 spiro atoms. The third-order valence-electron chi connectivity index (χ3n) is 6.57. The summed E-state index contributed by atoms with van der Waals surface area (Å²) in [6.45, 7) is 10.7. The summed E-state index contributed by atoms with van der Waals surface area (Å²) in [5, 5.41) is 14.6. The molecule has 1 aromatic heterocycles. The summed E-state index contributed by atoms with van der Waals surface area (Å²) >= 11 is 0. The van der Waals surface area contributed by atoms with Crippen molar-refractivity contribution in [2.75, 3.05) is 26.4 Å². The molecule has 2 heterocycles. The Morgan fingerprint density at radius 3 is 2.55 bits per heavy atom. The standard InChI is InChI=1S/C32H32N4O4/c1-5-16-40-29-14-13-24(18-22(29)3)30-25(21-36(34-30)26-11-8-7-9-12-26)19-27-23(4)28(20-33)32(38)35(31(27)37)15-10-17-39-6-2/h5,7-9,11-14,18-19,21H,1,6,10,15-17H2,2-4H3/b27-19+. The highest BCUT2D eigenvalue weighted by atomic mass is 16.5. The number of nitrogens with zero attached hydrogens (tertiary/aromatic N) is 4. The molecule has 2 amide bonds. The molecule has 0 N–H and O–H groups in total. The molecule has 0 atom stereocenters. The number of carbonyl (C=O) groups is 2. The number of nitriles is 1. The zero-order chi connectivity index (χ0) is 28.6. The fourth-order valence-electron chi connectivity index (χ4n) is 4.49. The van der Waals surface area contributed by atoms with E-state index in [0.717, 1.165) is 27.5 Å². The third kappa shape index (κ3) is 5.95. The molecule has 0 saturated heterocycles. The van der Waals surface area contributed by atoms with Crippen molar-refractivity contribution in [2.45, 2.75) is 27.2 Å². The van der Waals surface area contributed by atoms with Gasteiger partial charge in [-0.05, 0) is 74.7 Å². The van der Waals surface area contributed by atoms with Gasteiger partial charge < -0.3 is 9.47 Å². The van der Waals surface area contributed by atoms with Crippen molar-refractivity contribution in [3.8, 4) is 28.8 Å². The summed E-state index contributed by atoms with van der Waals surface area (Å²) in [7, 11) is 0. The number of rotatable bonds is 11. The summed E-state index contributed by atoms with van der Waals surface area (Å²) in [6, 6.07) is 17.4. The maximum atomic E-state index is 13.6. The van der Waals surface area contributed by atoms with Gasteiger partial charge in [-0.1, -0.05) is 30.9 Å². The average molecular weight is 537 g/mol. The highest BCUT2D eigenvalue weighted by Gasteiger charge is 2.35. The van der Waals surface area contributed by atoms with Gasteiger partial charge in [0.15, 0.2) is 0 Å². The van der Waals surface area contributed by atoms with Crippen molar-refractivity contribution in [2.24, 2.45) is 0 Å². The first-order chi connectivity index (χ1) is 19.4. The molecule has 0 saturated carbocycles. The van der Waals surface area contributed by atoms with Crippen LogP contribution in [0, 0.1) is 18.3 Å². The predicted octanol–water partition coefficient (Wildman–Crippen LogP) is 5.43. The van der Waals surface area contributed by atoms with E-state index in [0.29, 0.717) is 43.1 Å². The fraction of sp³-hybridized carbons (Fsp3) is 0.250. The fourth-order valence-corrected chi connectivity index (χ4v) is 4.49. The van der Waals surface area contributed by atoms with Crippen LogP contribution in [0.4, 0.5) is 0 Å². The predicted molar refractivity (Wildman–Crippen MR) is 154 cm³/mol. The Morgan fingerprint density at radius 2 is 1.88 bits per heavy atom. The van der Waals surface area contributed by atoms with Gasteiger partial charge in [-0.3, -0.25) is 14.5 Å². The van der Waals surface area contributed by atoms with Gasteiger partial charge in [0.2, 0.25) is 0 Å². The van der Waals surface area contributed by atoms with E-state index in [-0.39, 0.29) is 17.7 Å². The number of amides is 2. The van der Waals surface area contributed by atoms with Gasteiger partial charge in [-0.15, -0.1) is 0 Å². The number of imide groups is 1. The molecule has 0 unspecified atom stereocenters. The molecular weight excluding hydrogens is 504 g/mol. The topological polar surface area (TPSA) is 97.4 Å². The van der Waals surface area contributed by atoms with E-state index in [4.69, 9.17) is 14.6 Å². The summed E-state index contributed by atoms with van der Waals surface area (Å²) in [6.07, 6.45) is 5.73. The van der Waals surface area contributed by atoms with Crippen molar-refractivity contribution in [3.63, 3.8) is 0 Å². The number of hydrogen-bond acceptors (Lipinski definition) is 6. The largest absolute Gasteiger partial charge is 0.489 e. The molecule has 1 aliphatic rings. The lowest BCUT2D eigenvalue weighted by molar-refractivity contribution is -0.140. The summed E-state index contributed by atoms with van der Waals surface area (Å²) in [5.74, 6) is -0.280. The third-order valence-corrected chi connectivity index (χ3v) is 6.57. The van der Waals surface area contributed by atoms with E-state index in [2.05, 4.69) is 6.58 Å². The van der Waals surface area contributed by atoms with Crippen molar-refractivity contribution in [1.29, 1.82) is 5.26 Å². The molecule has 3 aromatic rings. The van der Waals surface area contributed by atoms with E-state index < -0.39 is 11.8 Å². The van der Waals surface area contributed by atoms with Crippen LogP contribution in [0.1, 0.15) is 31.4 Å². The first kappa shape index (κ1) is 28.3. The van der Waals surface area contributed by atoms with Crippen molar-refractivity contribution >= 4 is 17.9 Å². The van der Waals surface area contributed by atoms with E-state index in [1.807, 2.05) is 74.6 Å². The van der Waals surface area contributed by atoms with Gasteiger partial charge in [0.25, 0.3) is 11.8 Å². The maximum absolute atomic E-state index is 13.6. The number of aryl methyl sites for hydroxylation is 1. The average Bonchev–Trinajstić information content (AvgIpc) is 3.39. The van der Waals surface area contributed by atoms with Crippen LogP contribution in [-0.2, 0) is 14.3 Å². The highest BCUT2D eigenvalue weighted by Crippen LogP contribution is 2.33. The Morgan fingerprint density at radius 1 is 1.10 bits per heavy atom. The van der Waals surface area contributed by atoms with Crippen LogP contribution in [0.5, 0.6) is 5.75 Å². The smallest absolute Gasteiger partial charge is 0.271 e. The van der Waals surface area contributed by atoms with E-state index in [9.17, 15) is 14.9 Å². The molecule has 4 rings (SSSR count). The van der Waals surface area contributed by atoms with E-state index in [1.165, 1.54) is 0 Å². The SMILES string of the molecule is C=CCOc1ccc(-c2nn(-c3ccccc3)cc2/C=C2/C(=O)N(CCCOCC)C(=O)C(C#N)=C2C)cc1C.